The number of amides is 2. The Labute approximate surface area is 108 Å². The van der Waals surface area contributed by atoms with Crippen molar-refractivity contribution in [2.75, 3.05) is 5.32 Å². The van der Waals surface area contributed by atoms with Gasteiger partial charge in [0.2, 0.25) is 5.91 Å². The molecule has 0 bridgehead atoms. The zero-order valence-corrected chi connectivity index (χ0v) is 11.3. The number of nitrogens with one attached hydrogen (secondary N) is 2. The van der Waals surface area contributed by atoms with E-state index in [4.69, 9.17) is 0 Å². The lowest BCUT2D eigenvalue weighted by Gasteiger charge is -2.24. The molecule has 0 aliphatic carbocycles. The van der Waals surface area contributed by atoms with Gasteiger partial charge >= 0.3 is 0 Å². The Kier molecular flexibility index (Phi) is 4.48. The molecule has 0 aliphatic rings. The molecule has 2 N–H and O–H groups in total. The highest BCUT2D eigenvalue weighted by Crippen LogP contribution is 2.12. The molecule has 18 heavy (non-hydrogen) atoms. The second kappa shape index (κ2) is 5.67. The first-order valence-corrected chi connectivity index (χ1v) is 6.04. The van der Waals surface area contributed by atoms with Gasteiger partial charge in [0.25, 0.3) is 5.91 Å². The molecule has 0 aliphatic heterocycles. The summed E-state index contributed by atoms with van der Waals surface area (Å²) in [5.74, 6) is -0.226. The zero-order chi connectivity index (χ0) is 13.8. The van der Waals surface area contributed by atoms with Crippen LogP contribution in [0.2, 0.25) is 0 Å². The molecule has 98 valence electrons. The van der Waals surface area contributed by atoms with Crippen LogP contribution in [0.3, 0.4) is 0 Å². The minimum Gasteiger partial charge on any atom is -0.347 e. The van der Waals surface area contributed by atoms with Gasteiger partial charge in [-0.05, 0) is 44.5 Å². The lowest BCUT2D eigenvalue weighted by Crippen LogP contribution is -2.42. The predicted molar refractivity (Wildman–Crippen MR) is 72.6 cm³/mol. The first-order chi connectivity index (χ1) is 8.34. The molecule has 0 spiro atoms. The van der Waals surface area contributed by atoms with Crippen molar-refractivity contribution in [2.45, 2.75) is 39.7 Å². The first kappa shape index (κ1) is 14.2. The number of hydrogen-bond acceptors (Lipinski definition) is 2. The number of hydrogen-bond donors (Lipinski definition) is 2. The average Bonchev–Trinajstić information content (AvgIpc) is 2.28. The molecule has 0 radical (unpaired) electrons. The van der Waals surface area contributed by atoms with Gasteiger partial charge in [-0.25, -0.2) is 0 Å². The Morgan fingerprint density at radius 1 is 1.17 bits per heavy atom. The van der Waals surface area contributed by atoms with E-state index in [2.05, 4.69) is 10.6 Å². The van der Waals surface area contributed by atoms with Gasteiger partial charge in [0, 0.05) is 23.7 Å². The lowest BCUT2D eigenvalue weighted by atomic mass is 10.0. The summed E-state index contributed by atoms with van der Waals surface area (Å²) >= 11 is 0. The molecular formula is C14H20N2O2. The van der Waals surface area contributed by atoms with Crippen LogP contribution in [0.15, 0.2) is 24.3 Å². The number of rotatable bonds is 4. The maximum Gasteiger partial charge on any atom is 0.251 e. The fraction of sp³-hybridized carbons (Fsp3) is 0.429. The van der Waals surface area contributed by atoms with E-state index in [9.17, 15) is 9.59 Å². The van der Waals surface area contributed by atoms with Crippen molar-refractivity contribution in [3.8, 4) is 0 Å². The van der Waals surface area contributed by atoms with Gasteiger partial charge in [0.05, 0.1) is 0 Å². The molecule has 1 rings (SSSR count). The molecule has 0 fully saturated rings. The van der Waals surface area contributed by atoms with E-state index in [1.54, 1.807) is 24.3 Å². The first-order valence-electron chi connectivity index (χ1n) is 6.04. The molecule has 1 aromatic carbocycles. The normalized spacial score (nSPS) is 10.9. The summed E-state index contributed by atoms with van der Waals surface area (Å²) in [7, 11) is 0. The van der Waals surface area contributed by atoms with Crippen LogP contribution in [0.1, 0.15) is 44.5 Å². The second-order valence-corrected chi connectivity index (χ2v) is 4.95. The molecule has 0 atom stereocenters. The van der Waals surface area contributed by atoms with Gasteiger partial charge in [-0.15, -0.1) is 0 Å². The number of carbonyl (C=O) groups is 2. The molecular weight excluding hydrogens is 228 g/mol. The van der Waals surface area contributed by atoms with E-state index in [1.807, 2.05) is 20.8 Å². The van der Waals surface area contributed by atoms with Crippen molar-refractivity contribution in [1.82, 2.24) is 5.32 Å². The third-order valence-corrected chi connectivity index (χ3v) is 2.80. The molecule has 0 unspecified atom stereocenters. The second-order valence-electron chi connectivity index (χ2n) is 4.95. The third kappa shape index (κ3) is 4.20. The van der Waals surface area contributed by atoms with Crippen molar-refractivity contribution in [3.63, 3.8) is 0 Å². The third-order valence-electron chi connectivity index (χ3n) is 2.80. The van der Waals surface area contributed by atoms with Gasteiger partial charge in [0.1, 0.15) is 0 Å². The Bertz CT molecular complexity index is 436. The summed E-state index contributed by atoms with van der Waals surface area (Å²) < 4.78 is 0. The summed E-state index contributed by atoms with van der Waals surface area (Å²) in [5.41, 5.74) is 1.06. The van der Waals surface area contributed by atoms with Crippen LogP contribution in [-0.2, 0) is 4.79 Å². The molecule has 4 nitrogen and oxygen atoms in total. The lowest BCUT2D eigenvalue weighted by molar-refractivity contribution is -0.114. The minimum absolute atomic E-state index is 0.101. The Hall–Kier alpha value is -1.84. The highest BCUT2D eigenvalue weighted by molar-refractivity contribution is 5.95. The topological polar surface area (TPSA) is 58.2 Å². The van der Waals surface area contributed by atoms with Crippen molar-refractivity contribution >= 4 is 17.5 Å². The predicted octanol–water partition coefficient (Wildman–Crippen LogP) is 2.56. The SMILES string of the molecule is CCC(C)(C)NC(=O)c1ccc(NC(C)=O)cc1. The fourth-order valence-electron chi connectivity index (χ4n) is 1.38. The van der Waals surface area contributed by atoms with Crippen LogP contribution in [0.25, 0.3) is 0 Å². The molecule has 0 heterocycles. The average molecular weight is 248 g/mol. The van der Waals surface area contributed by atoms with Gasteiger partial charge in [-0.1, -0.05) is 6.92 Å². The number of benzene rings is 1. The van der Waals surface area contributed by atoms with Gasteiger partial charge in [-0.3, -0.25) is 9.59 Å². The molecule has 0 saturated carbocycles. The van der Waals surface area contributed by atoms with Crippen LogP contribution in [-0.4, -0.2) is 17.4 Å². The molecule has 0 aromatic heterocycles. The Morgan fingerprint density at radius 2 is 1.72 bits per heavy atom. The summed E-state index contributed by atoms with van der Waals surface area (Å²) in [5, 5.41) is 5.62. The summed E-state index contributed by atoms with van der Waals surface area (Å²) in [6.45, 7) is 7.44. The summed E-state index contributed by atoms with van der Waals surface area (Å²) in [4.78, 5) is 22.8. The smallest absolute Gasteiger partial charge is 0.251 e. The Balaban J connectivity index is 2.73. The Morgan fingerprint density at radius 3 is 2.17 bits per heavy atom. The van der Waals surface area contributed by atoms with E-state index in [0.717, 1.165) is 6.42 Å². The van der Waals surface area contributed by atoms with Crippen LogP contribution < -0.4 is 10.6 Å². The van der Waals surface area contributed by atoms with E-state index < -0.39 is 0 Å². The summed E-state index contributed by atoms with van der Waals surface area (Å²) in [6.07, 6.45) is 0.864. The monoisotopic (exact) mass is 248 g/mol. The van der Waals surface area contributed by atoms with Crippen LogP contribution in [0, 0.1) is 0 Å². The fourth-order valence-corrected chi connectivity index (χ4v) is 1.38. The highest BCUT2D eigenvalue weighted by atomic mass is 16.2. The standard InChI is InChI=1S/C14H20N2O2/c1-5-14(3,4)16-13(18)11-6-8-12(9-7-11)15-10(2)17/h6-9H,5H2,1-4H3,(H,15,17)(H,16,18). The van der Waals surface area contributed by atoms with E-state index >= 15 is 0 Å². The minimum atomic E-state index is -0.215. The van der Waals surface area contributed by atoms with Crippen LogP contribution in [0.5, 0.6) is 0 Å². The van der Waals surface area contributed by atoms with Crippen molar-refractivity contribution in [2.24, 2.45) is 0 Å². The maximum atomic E-state index is 12.0. The highest BCUT2D eigenvalue weighted by Gasteiger charge is 2.18. The molecule has 0 saturated heterocycles. The van der Waals surface area contributed by atoms with E-state index in [1.165, 1.54) is 6.92 Å². The largest absolute Gasteiger partial charge is 0.347 e. The quantitative estimate of drug-likeness (QED) is 0.860. The van der Waals surface area contributed by atoms with E-state index in [-0.39, 0.29) is 17.4 Å². The van der Waals surface area contributed by atoms with E-state index in [0.29, 0.717) is 11.3 Å². The number of anilines is 1. The van der Waals surface area contributed by atoms with Crippen molar-refractivity contribution < 1.29 is 9.59 Å². The van der Waals surface area contributed by atoms with Crippen molar-refractivity contribution in [3.05, 3.63) is 29.8 Å². The van der Waals surface area contributed by atoms with Crippen LogP contribution in [0.4, 0.5) is 5.69 Å². The zero-order valence-electron chi connectivity index (χ0n) is 11.3. The van der Waals surface area contributed by atoms with Gasteiger partial charge < -0.3 is 10.6 Å². The maximum absolute atomic E-state index is 12.0. The van der Waals surface area contributed by atoms with Crippen LogP contribution >= 0.6 is 0 Å². The molecule has 4 heteroatoms. The molecule has 2 amide bonds. The van der Waals surface area contributed by atoms with Gasteiger partial charge in [0.15, 0.2) is 0 Å². The number of carbonyl (C=O) groups excluding carboxylic acids is 2. The summed E-state index contributed by atoms with van der Waals surface area (Å²) in [6, 6.07) is 6.84. The molecule has 1 aromatic rings. The van der Waals surface area contributed by atoms with Crippen molar-refractivity contribution in [1.29, 1.82) is 0 Å². The van der Waals surface area contributed by atoms with Gasteiger partial charge in [-0.2, -0.15) is 0 Å².